The smallest absolute Gasteiger partial charge is 0.227 e. The molecule has 27 heavy (non-hydrogen) atoms. The van der Waals surface area contributed by atoms with Gasteiger partial charge in [0.25, 0.3) is 0 Å². The van der Waals surface area contributed by atoms with Crippen molar-refractivity contribution in [2.45, 2.75) is 32.2 Å². The number of carbonyl (C=O) groups excluding carboxylic acids is 1. The summed E-state index contributed by atoms with van der Waals surface area (Å²) in [4.78, 5) is 16.6. The molecule has 5 heteroatoms. The summed E-state index contributed by atoms with van der Waals surface area (Å²) in [7, 11) is 3.20. The summed E-state index contributed by atoms with van der Waals surface area (Å²) in [5, 5.41) is 0. The molecule has 1 aliphatic heterocycles. The molecule has 1 fully saturated rings. The van der Waals surface area contributed by atoms with Gasteiger partial charge in [-0.05, 0) is 54.7 Å². The average Bonchev–Trinajstić information content (AvgIpc) is 2.69. The SMILES string of the molecule is COc1ccc(CC(=O)N(C)Cc2ccc(N3CCCCC3)cc2)cc1F. The van der Waals surface area contributed by atoms with Gasteiger partial charge in [0.05, 0.1) is 13.5 Å². The molecule has 2 aromatic carbocycles. The number of likely N-dealkylation sites (N-methyl/N-ethyl adjacent to an activating group) is 1. The molecular formula is C22H27FN2O2. The monoisotopic (exact) mass is 370 g/mol. The molecule has 1 heterocycles. The van der Waals surface area contributed by atoms with E-state index in [4.69, 9.17) is 4.74 Å². The Labute approximate surface area is 160 Å². The number of anilines is 1. The molecule has 0 radical (unpaired) electrons. The van der Waals surface area contributed by atoms with Gasteiger partial charge in [0.1, 0.15) is 0 Å². The van der Waals surface area contributed by atoms with Gasteiger partial charge in [-0.15, -0.1) is 0 Å². The molecule has 0 aliphatic carbocycles. The Balaban J connectivity index is 1.56. The standard InChI is InChI=1S/C22H27FN2O2/c1-24(22(26)15-18-8-11-21(27-2)20(23)14-18)16-17-6-9-19(10-7-17)25-12-4-3-5-13-25/h6-11,14H,3-5,12-13,15-16H2,1-2H3. The zero-order valence-electron chi connectivity index (χ0n) is 16.1. The summed E-state index contributed by atoms with van der Waals surface area (Å²) in [5.74, 6) is -0.299. The summed E-state index contributed by atoms with van der Waals surface area (Å²) in [6.07, 6.45) is 4.00. The predicted molar refractivity (Wildman–Crippen MR) is 106 cm³/mol. The van der Waals surface area contributed by atoms with Crippen molar-refractivity contribution in [3.63, 3.8) is 0 Å². The Bertz CT molecular complexity index is 770. The van der Waals surface area contributed by atoms with Crippen molar-refractivity contribution in [3.05, 3.63) is 59.4 Å². The molecular weight excluding hydrogens is 343 g/mol. The molecule has 0 unspecified atom stereocenters. The Morgan fingerprint density at radius 3 is 2.37 bits per heavy atom. The Morgan fingerprint density at radius 1 is 1.07 bits per heavy atom. The molecule has 0 spiro atoms. The maximum Gasteiger partial charge on any atom is 0.227 e. The first-order valence-corrected chi connectivity index (χ1v) is 9.47. The highest BCUT2D eigenvalue weighted by Gasteiger charge is 2.14. The highest BCUT2D eigenvalue weighted by molar-refractivity contribution is 5.78. The van der Waals surface area contributed by atoms with Crippen LogP contribution in [0.1, 0.15) is 30.4 Å². The fourth-order valence-corrected chi connectivity index (χ4v) is 3.46. The number of carbonyl (C=O) groups is 1. The molecule has 144 valence electrons. The topological polar surface area (TPSA) is 32.8 Å². The highest BCUT2D eigenvalue weighted by atomic mass is 19.1. The van der Waals surface area contributed by atoms with Crippen molar-refractivity contribution in [3.8, 4) is 5.75 Å². The van der Waals surface area contributed by atoms with Gasteiger partial charge < -0.3 is 14.5 Å². The fraction of sp³-hybridized carbons (Fsp3) is 0.409. The van der Waals surface area contributed by atoms with Crippen LogP contribution in [-0.2, 0) is 17.8 Å². The van der Waals surface area contributed by atoms with Crippen molar-refractivity contribution >= 4 is 11.6 Å². The summed E-state index contributed by atoms with van der Waals surface area (Å²) in [6, 6.07) is 13.1. The molecule has 0 bridgehead atoms. The molecule has 2 aromatic rings. The molecule has 4 nitrogen and oxygen atoms in total. The van der Waals surface area contributed by atoms with E-state index < -0.39 is 5.82 Å². The molecule has 0 N–H and O–H groups in total. The fourth-order valence-electron chi connectivity index (χ4n) is 3.46. The van der Waals surface area contributed by atoms with Crippen LogP contribution in [0.3, 0.4) is 0 Å². The van der Waals surface area contributed by atoms with E-state index in [9.17, 15) is 9.18 Å². The Morgan fingerprint density at radius 2 is 1.74 bits per heavy atom. The van der Waals surface area contributed by atoms with Crippen molar-refractivity contribution in [2.24, 2.45) is 0 Å². The second kappa shape index (κ2) is 8.89. The van der Waals surface area contributed by atoms with Crippen LogP contribution >= 0.6 is 0 Å². The largest absolute Gasteiger partial charge is 0.494 e. The average molecular weight is 370 g/mol. The van der Waals surface area contributed by atoms with E-state index in [2.05, 4.69) is 29.2 Å². The van der Waals surface area contributed by atoms with Crippen LogP contribution in [0.5, 0.6) is 5.75 Å². The minimum absolute atomic E-state index is 0.0420. The summed E-state index contributed by atoms with van der Waals surface area (Å²) < 4.78 is 18.7. The number of rotatable bonds is 6. The van der Waals surface area contributed by atoms with Crippen LogP contribution in [0.2, 0.25) is 0 Å². The van der Waals surface area contributed by atoms with Gasteiger partial charge in [0, 0.05) is 32.4 Å². The van der Waals surface area contributed by atoms with Gasteiger partial charge in [0.15, 0.2) is 11.6 Å². The Hall–Kier alpha value is -2.56. The third-order valence-electron chi connectivity index (χ3n) is 5.07. The quantitative estimate of drug-likeness (QED) is 0.770. The first-order chi connectivity index (χ1) is 13.1. The van der Waals surface area contributed by atoms with Crippen LogP contribution in [0.4, 0.5) is 10.1 Å². The first kappa shape index (κ1) is 19.2. The van der Waals surface area contributed by atoms with Crippen LogP contribution in [0, 0.1) is 5.82 Å². The molecule has 1 aliphatic rings. The zero-order valence-corrected chi connectivity index (χ0v) is 16.1. The van der Waals surface area contributed by atoms with E-state index >= 15 is 0 Å². The van der Waals surface area contributed by atoms with Crippen LogP contribution in [0.25, 0.3) is 0 Å². The number of ether oxygens (including phenoxy) is 1. The number of halogens is 1. The number of hydrogen-bond donors (Lipinski definition) is 0. The normalized spacial score (nSPS) is 14.1. The lowest BCUT2D eigenvalue weighted by Crippen LogP contribution is -2.29. The highest BCUT2D eigenvalue weighted by Crippen LogP contribution is 2.21. The first-order valence-electron chi connectivity index (χ1n) is 9.47. The number of amides is 1. The molecule has 1 amide bonds. The number of hydrogen-bond acceptors (Lipinski definition) is 3. The number of piperidine rings is 1. The molecule has 0 aromatic heterocycles. The van der Waals surface area contributed by atoms with Gasteiger partial charge in [0.2, 0.25) is 5.91 Å². The second-order valence-electron chi connectivity index (χ2n) is 7.11. The van der Waals surface area contributed by atoms with Crippen LogP contribution in [-0.4, -0.2) is 38.1 Å². The lowest BCUT2D eigenvalue weighted by Gasteiger charge is -2.29. The van der Waals surface area contributed by atoms with Crippen LogP contribution in [0.15, 0.2) is 42.5 Å². The molecule has 0 atom stereocenters. The Kier molecular flexibility index (Phi) is 6.32. The lowest BCUT2D eigenvalue weighted by atomic mass is 10.1. The molecule has 0 saturated carbocycles. The maximum absolute atomic E-state index is 13.8. The molecule has 1 saturated heterocycles. The van der Waals surface area contributed by atoms with E-state index in [1.807, 2.05) is 0 Å². The van der Waals surface area contributed by atoms with Crippen molar-refractivity contribution in [2.75, 3.05) is 32.1 Å². The van der Waals surface area contributed by atoms with E-state index in [0.29, 0.717) is 12.1 Å². The second-order valence-corrected chi connectivity index (χ2v) is 7.11. The van der Waals surface area contributed by atoms with Gasteiger partial charge in [-0.2, -0.15) is 0 Å². The van der Waals surface area contributed by atoms with Crippen LogP contribution < -0.4 is 9.64 Å². The lowest BCUT2D eigenvalue weighted by molar-refractivity contribution is -0.129. The molecule has 3 rings (SSSR count). The summed E-state index contributed by atoms with van der Waals surface area (Å²) >= 11 is 0. The maximum atomic E-state index is 13.8. The van der Waals surface area contributed by atoms with Crippen molar-refractivity contribution in [1.82, 2.24) is 4.90 Å². The van der Waals surface area contributed by atoms with Gasteiger partial charge in [-0.25, -0.2) is 4.39 Å². The predicted octanol–water partition coefficient (Wildman–Crippen LogP) is 4.03. The minimum Gasteiger partial charge on any atom is -0.494 e. The van der Waals surface area contributed by atoms with Gasteiger partial charge in [-0.1, -0.05) is 18.2 Å². The van der Waals surface area contributed by atoms with E-state index in [-0.39, 0.29) is 18.1 Å². The number of nitrogens with zero attached hydrogens (tertiary/aromatic N) is 2. The third-order valence-corrected chi connectivity index (χ3v) is 5.07. The number of benzene rings is 2. The third kappa shape index (κ3) is 5.00. The van der Waals surface area contributed by atoms with E-state index in [0.717, 1.165) is 18.7 Å². The van der Waals surface area contributed by atoms with Crippen molar-refractivity contribution < 1.29 is 13.9 Å². The van der Waals surface area contributed by atoms with Gasteiger partial charge in [-0.3, -0.25) is 4.79 Å². The summed E-state index contributed by atoms with van der Waals surface area (Å²) in [6.45, 7) is 2.78. The summed E-state index contributed by atoms with van der Waals surface area (Å²) in [5.41, 5.74) is 2.99. The van der Waals surface area contributed by atoms with E-state index in [1.54, 1.807) is 24.1 Å². The minimum atomic E-state index is -0.446. The zero-order chi connectivity index (χ0) is 19.2. The number of methoxy groups -OCH3 is 1. The van der Waals surface area contributed by atoms with E-state index in [1.165, 1.54) is 38.1 Å². The van der Waals surface area contributed by atoms with Gasteiger partial charge >= 0.3 is 0 Å². The van der Waals surface area contributed by atoms with Crippen molar-refractivity contribution in [1.29, 1.82) is 0 Å².